The van der Waals surface area contributed by atoms with Gasteiger partial charge in [0.2, 0.25) is 0 Å². The third-order valence-corrected chi connectivity index (χ3v) is 5.41. The van der Waals surface area contributed by atoms with Crippen molar-refractivity contribution < 1.29 is 22.1 Å². The number of nitrogens with zero attached hydrogens (tertiary/aromatic N) is 1. The van der Waals surface area contributed by atoms with E-state index in [1.54, 1.807) is 0 Å². The van der Waals surface area contributed by atoms with Gasteiger partial charge < -0.3 is 13.7 Å². The fraction of sp³-hybridized carbons (Fsp3) is 0.467. The third-order valence-electron chi connectivity index (χ3n) is 4.27. The predicted molar refractivity (Wildman–Crippen MR) is 79.9 cm³/mol. The Morgan fingerprint density at radius 3 is 2.73 bits per heavy atom. The molecular weight excluding hydrogens is 306 g/mol. The summed E-state index contributed by atoms with van der Waals surface area (Å²) >= 11 is 0. The molecule has 0 amide bonds. The van der Waals surface area contributed by atoms with Gasteiger partial charge >= 0.3 is 10.1 Å². The van der Waals surface area contributed by atoms with Crippen molar-refractivity contribution in [2.45, 2.75) is 6.04 Å². The van der Waals surface area contributed by atoms with Crippen LogP contribution in [0, 0.1) is 0 Å². The summed E-state index contributed by atoms with van der Waals surface area (Å²) < 4.78 is 40.9. The first-order chi connectivity index (χ1) is 10.6. The van der Waals surface area contributed by atoms with Gasteiger partial charge in [0.15, 0.2) is 5.76 Å². The Bertz CT molecular complexity index is 721. The highest BCUT2D eigenvalue weighted by atomic mass is 32.2. The van der Waals surface area contributed by atoms with E-state index < -0.39 is 10.1 Å². The highest BCUT2D eigenvalue weighted by Gasteiger charge is 2.40. The Morgan fingerprint density at radius 1 is 1.14 bits per heavy atom. The maximum atomic E-state index is 12.2. The largest absolute Gasteiger partial charge is 0.488 e. The first kappa shape index (κ1) is 14.0. The molecule has 0 aromatic heterocycles. The van der Waals surface area contributed by atoms with Crippen LogP contribution in [0.4, 0.5) is 0 Å². The van der Waals surface area contributed by atoms with Crippen LogP contribution < -0.4 is 4.74 Å². The Balaban J connectivity index is 1.80. The van der Waals surface area contributed by atoms with Gasteiger partial charge in [-0.3, -0.25) is 4.90 Å². The molecule has 0 bridgehead atoms. The minimum atomic E-state index is -3.59. The van der Waals surface area contributed by atoms with Crippen LogP contribution in [0.15, 0.2) is 29.8 Å². The van der Waals surface area contributed by atoms with E-state index in [-0.39, 0.29) is 11.8 Å². The summed E-state index contributed by atoms with van der Waals surface area (Å²) in [5.41, 5.74) is 1.63. The van der Waals surface area contributed by atoms with E-state index in [9.17, 15) is 8.42 Å². The molecule has 118 valence electrons. The normalized spacial score (nSPS) is 27.4. The maximum Gasteiger partial charge on any atom is 0.311 e. The molecule has 3 aliphatic heterocycles. The number of hydrogen-bond acceptors (Lipinski definition) is 6. The van der Waals surface area contributed by atoms with Crippen molar-refractivity contribution in [2.75, 3.05) is 38.7 Å². The molecule has 22 heavy (non-hydrogen) atoms. The third kappa shape index (κ3) is 2.39. The van der Waals surface area contributed by atoms with Crippen molar-refractivity contribution in [3.63, 3.8) is 0 Å². The first-order valence-corrected chi connectivity index (χ1v) is 8.91. The van der Waals surface area contributed by atoms with E-state index in [0.717, 1.165) is 18.7 Å². The van der Waals surface area contributed by atoms with Gasteiger partial charge in [-0.2, -0.15) is 8.42 Å². The summed E-state index contributed by atoms with van der Waals surface area (Å²) in [6.45, 7) is 3.05. The molecule has 3 aliphatic rings. The molecule has 1 atom stereocenters. The van der Waals surface area contributed by atoms with E-state index in [4.69, 9.17) is 13.7 Å². The minimum absolute atomic E-state index is 0.0304. The van der Waals surface area contributed by atoms with E-state index in [1.807, 2.05) is 24.3 Å². The number of ether oxygens (including phenoxy) is 2. The number of morpholine rings is 1. The summed E-state index contributed by atoms with van der Waals surface area (Å²) in [5, 5.41) is 0. The Kier molecular flexibility index (Phi) is 3.36. The van der Waals surface area contributed by atoms with Crippen LogP contribution in [-0.4, -0.2) is 58.0 Å². The highest BCUT2D eigenvalue weighted by molar-refractivity contribution is 7.87. The fourth-order valence-corrected chi connectivity index (χ4v) is 4.51. The lowest BCUT2D eigenvalue weighted by molar-refractivity contribution is 0.0246. The fourth-order valence-electron chi connectivity index (χ4n) is 3.19. The van der Waals surface area contributed by atoms with Crippen LogP contribution >= 0.6 is 0 Å². The van der Waals surface area contributed by atoms with Gasteiger partial charge in [0.25, 0.3) is 0 Å². The maximum absolute atomic E-state index is 12.2. The van der Waals surface area contributed by atoms with E-state index in [0.29, 0.717) is 36.9 Å². The molecule has 7 heteroatoms. The van der Waals surface area contributed by atoms with Crippen LogP contribution in [0.3, 0.4) is 0 Å². The monoisotopic (exact) mass is 323 g/mol. The van der Waals surface area contributed by atoms with Crippen LogP contribution in [-0.2, 0) is 19.0 Å². The van der Waals surface area contributed by atoms with Gasteiger partial charge in [0.1, 0.15) is 18.1 Å². The average molecular weight is 323 g/mol. The molecule has 1 fully saturated rings. The zero-order valence-corrected chi connectivity index (χ0v) is 12.8. The van der Waals surface area contributed by atoms with Crippen molar-refractivity contribution in [1.82, 2.24) is 4.90 Å². The summed E-state index contributed by atoms with van der Waals surface area (Å²) in [7, 11) is -3.59. The Labute approximate surface area is 129 Å². The lowest BCUT2D eigenvalue weighted by Crippen LogP contribution is -2.50. The predicted octanol–water partition coefficient (Wildman–Crippen LogP) is 0.851. The van der Waals surface area contributed by atoms with Gasteiger partial charge in [0.05, 0.1) is 24.8 Å². The molecule has 6 nitrogen and oxygen atoms in total. The minimum Gasteiger partial charge on any atom is -0.488 e. The lowest BCUT2D eigenvalue weighted by Gasteiger charge is -2.39. The number of fused-ring (bicyclic) bond motifs is 2. The molecule has 3 heterocycles. The summed E-state index contributed by atoms with van der Waals surface area (Å²) in [6, 6.07) is 7.17. The second-order valence-electron chi connectivity index (χ2n) is 5.61. The summed E-state index contributed by atoms with van der Waals surface area (Å²) in [5.74, 6) is 1.08. The SMILES string of the molecule is O=S1(=O)CC(N2CCOCC2)C2=C(O1)c1ccccc1OC2. The molecule has 4 rings (SSSR count). The van der Waals surface area contributed by atoms with E-state index >= 15 is 0 Å². The highest BCUT2D eigenvalue weighted by Crippen LogP contribution is 2.39. The molecule has 1 saturated heterocycles. The number of para-hydroxylation sites is 1. The van der Waals surface area contributed by atoms with Crippen LogP contribution in [0.2, 0.25) is 0 Å². The standard InChI is InChI=1S/C15H17NO5S/c17-22(18)10-13(16-5-7-19-8-6-16)12-9-20-14-4-2-1-3-11(14)15(12)21-22/h1-4,13H,5-10H2. The molecule has 1 aromatic rings. The zero-order chi connectivity index (χ0) is 15.2. The molecule has 1 aromatic carbocycles. The second-order valence-corrected chi connectivity index (χ2v) is 7.23. The van der Waals surface area contributed by atoms with Crippen LogP contribution in [0.25, 0.3) is 5.76 Å². The topological polar surface area (TPSA) is 65.1 Å². The lowest BCUT2D eigenvalue weighted by atomic mass is 9.99. The Hall–Kier alpha value is -1.57. The van der Waals surface area contributed by atoms with Crippen LogP contribution in [0.5, 0.6) is 5.75 Å². The zero-order valence-electron chi connectivity index (χ0n) is 12.0. The number of benzene rings is 1. The second kappa shape index (κ2) is 5.26. The molecule has 1 unspecified atom stereocenters. The van der Waals surface area contributed by atoms with Crippen LogP contribution in [0.1, 0.15) is 5.56 Å². The summed E-state index contributed by atoms with van der Waals surface area (Å²) in [4.78, 5) is 2.15. The van der Waals surface area contributed by atoms with E-state index in [1.165, 1.54) is 0 Å². The van der Waals surface area contributed by atoms with Gasteiger partial charge in [-0.25, -0.2) is 0 Å². The molecular formula is C15H17NO5S. The van der Waals surface area contributed by atoms with Crippen molar-refractivity contribution in [2.24, 2.45) is 0 Å². The molecule has 0 spiro atoms. The van der Waals surface area contributed by atoms with Crippen molar-refractivity contribution >= 4 is 15.9 Å². The van der Waals surface area contributed by atoms with Crippen molar-refractivity contribution in [1.29, 1.82) is 0 Å². The number of hydrogen-bond donors (Lipinski definition) is 0. The number of rotatable bonds is 1. The van der Waals surface area contributed by atoms with Crippen molar-refractivity contribution in [3.05, 3.63) is 35.4 Å². The smallest absolute Gasteiger partial charge is 0.311 e. The van der Waals surface area contributed by atoms with E-state index in [2.05, 4.69) is 4.90 Å². The van der Waals surface area contributed by atoms with Gasteiger partial charge in [-0.1, -0.05) is 12.1 Å². The average Bonchev–Trinajstić information content (AvgIpc) is 2.54. The molecule has 0 aliphatic carbocycles. The van der Waals surface area contributed by atoms with Gasteiger partial charge in [-0.15, -0.1) is 0 Å². The summed E-state index contributed by atoms with van der Waals surface area (Å²) in [6.07, 6.45) is 0. The quantitative estimate of drug-likeness (QED) is 0.714. The van der Waals surface area contributed by atoms with Gasteiger partial charge in [-0.05, 0) is 12.1 Å². The van der Waals surface area contributed by atoms with Crippen molar-refractivity contribution in [3.8, 4) is 5.75 Å². The molecule has 0 saturated carbocycles. The van der Waals surface area contributed by atoms with Gasteiger partial charge in [0, 0.05) is 18.7 Å². The molecule has 0 radical (unpaired) electrons. The first-order valence-electron chi connectivity index (χ1n) is 7.33. The Morgan fingerprint density at radius 2 is 1.91 bits per heavy atom. The molecule has 0 N–H and O–H groups in total.